The molecule has 0 aromatic rings. The van der Waals surface area contributed by atoms with E-state index in [0.717, 1.165) is 25.9 Å². The van der Waals surface area contributed by atoms with Crippen LogP contribution in [0, 0.1) is 10.8 Å². The van der Waals surface area contributed by atoms with Crippen molar-refractivity contribution in [2.75, 3.05) is 6.61 Å². The van der Waals surface area contributed by atoms with Crippen LogP contribution in [0.4, 0.5) is 0 Å². The molecular weight excluding hydrogens is 268 g/mol. The molecule has 2 bridgehead atoms. The third kappa shape index (κ3) is 1.50. The second-order valence-corrected chi connectivity index (χ2v) is 7.77. The monoisotopic (exact) mass is 292 g/mol. The predicted molar refractivity (Wildman–Crippen MR) is 76.7 cm³/mol. The first-order chi connectivity index (χ1) is 9.82. The molecule has 4 heteroatoms. The smallest absolute Gasteiger partial charge is 0.302 e. The molecule has 0 radical (unpaired) electrons. The van der Waals surface area contributed by atoms with Crippen molar-refractivity contribution in [3.8, 4) is 0 Å². The first-order valence-electron chi connectivity index (χ1n) is 7.96. The zero-order valence-corrected chi connectivity index (χ0v) is 13.3. The minimum absolute atomic E-state index is 0.00486. The molecule has 2 aliphatic carbocycles. The van der Waals surface area contributed by atoms with Crippen molar-refractivity contribution in [2.24, 2.45) is 10.8 Å². The van der Waals surface area contributed by atoms with E-state index < -0.39 is 0 Å². The van der Waals surface area contributed by atoms with Gasteiger partial charge in [0.1, 0.15) is 17.8 Å². The van der Waals surface area contributed by atoms with Crippen LogP contribution in [0.25, 0.3) is 0 Å². The van der Waals surface area contributed by atoms with E-state index in [1.165, 1.54) is 12.5 Å². The molecule has 0 aromatic heterocycles. The van der Waals surface area contributed by atoms with Crippen molar-refractivity contribution < 1.29 is 19.0 Å². The Morgan fingerprint density at radius 2 is 2.14 bits per heavy atom. The second kappa shape index (κ2) is 3.90. The summed E-state index contributed by atoms with van der Waals surface area (Å²) in [6.07, 6.45) is 5.16. The summed E-state index contributed by atoms with van der Waals surface area (Å²) in [5.74, 6) is -0.226. The Bertz CT molecular complexity index is 535. The molecule has 2 saturated heterocycles. The van der Waals surface area contributed by atoms with E-state index in [9.17, 15) is 4.79 Å². The van der Waals surface area contributed by atoms with Gasteiger partial charge in [0.05, 0.1) is 12.7 Å². The Labute approximate surface area is 125 Å². The standard InChI is InChI=1S/C17H24O4/c1-10-5-6-15(3)13(7-10)21-14-12(20-11(2)18)8-16(15,4)17(14)9-19-17/h7,12-14H,5-6,8-9H2,1-4H3/t12-,13-,14-,15+,16-,17+/m1/s1. The number of fused-ring (bicyclic) bond motifs is 2. The van der Waals surface area contributed by atoms with E-state index in [1.807, 2.05) is 0 Å². The van der Waals surface area contributed by atoms with E-state index in [0.29, 0.717) is 0 Å². The molecule has 2 heterocycles. The van der Waals surface area contributed by atoms with Crippen molar-refractivity contribution in [3.63, 3.8) is 0 Å². The fourth-order valence-electron chi connectivity index (χ4n) is 5.15. The lowest BCUT2D eigenvalue weighted by Gasteiger charge is -2.56. The summed E-state index contributed by atoms with van der Waals surface area (Å²) in [6.45, 7) is 9.03. The van der Waals surface area contributed by atoms with Gasteiger partial charge >= 0.3 is 5.97 Å². The molecule has 1 saturated carbocycles. The van der Waals surface area contributed by atoms with Gasteiger partial charge in [-0.15, -0.1) is 0 Å². The number of carbonyl (C=O) groups excluding carboxylic acids is 1. The van der Waals surface area contributed by atoms with Crippen LogP contribution in [0.1, 0.15) is 47.0 Å². The maximum absolute atomic E-state index is 11.4. The highest BCUT2D eigenvalue weighted by atomic mass is 16.7. The van der Waals surface area contributed by atoms with Crippen molar-refractivity contribution in [1.82, 2.24) is 0 Å². The molecule has 0 aromatic carbocycles. The Morgan fingerprint density at radius 1 is 1.43 bits per heavy atom. The van der Waals surface area contributed by atoms with Gasteiger partial charge in [0, 0.05) is 17.8 Å². The highest BCUT2D eigenvalue weighted by Crippen LogP contribution is 2.71. The van der Waals surface area contributed by atoms with Crippen molar-refractivity contribution >= 4 is 5.97 Å². The Morgan fingerprint density at radius 3 is 2.76 bits per heavy atom. The molecule has 0 N–H and O–H groups in total. The van der Waals surface area contributed by atoms with Crippen LogP contribution < -0.4 is 0 Å². The van der Waals surface area contributed by atoms with Gasteiger partial charge in [-0.2, -0.15) is 0 Å². The maximum Gasteiger partial charge on any atom is 0.302 e. The lowest BCUT2D eigenvalue weighted by atomic mass is 9.53. The van der Waals surface area contributed by atoms with Crippen LogP contribution in [-0.2, 0) is 19.0 Å². The van der Waals surface area contributed by atoms with Gasteiger partial charge in [0.2, 0.25) is 0 Å². The first-order valence-corrected chi connectivity index (χ1v) is 7.96. The molecule has 21 heavy (non-hydrogen) atoms. The van der Waals surface area contributed by atoms with Crippen molar-refractivity contribution in [3.05, 3.63) is 11.6 Å². The Hall–Kier alpha value is -0.870. The number of hydrogen-bond donors (Lipinski definition) is 0. The fourth-order valence-corrected chi connectivity index (χ4v) is 5.15. The van der Waals surface area contributed by atoms with Crippen LogP contribution in [-0.4, -0.2) is 36.5 Å². The van der Waals surface area contributed by atoms with Gasteiger partial charge in [-0.05, 0) is 26.2 Å². The molecule has 4 nitrogen and oxygen atoms in total. The average Bonchev–Trinajstić information content (AvgIpc) is 3.15. The molecular formula is C17H24O4. The lowest BCUT2D eigenvalue weighted by molar-refractivity contribution is -0.201. The number of carbonyl (C=O) groups is 1. The van der Waals surface area contributed by atoms with Crippen LogP contribution in [0.3, 0.4) is 0 Å². The predicted octanol–water partition coefficient (Wildman–Crippen LogP) is 2.61. The van der Waals surface area contributed by atoms with E-state index >= 15 is 0 Å². The normalized spacial score (nSPS) is 54.1. The fraction of sp³-hybridized carbons (Fsp3) is 0.824. The van der Waals surface area contributed by atoms with Gasteiger partial charge in [0.25, 0.3) is 0 Å². The summed E-state index contributed by atoms with van der Waals surface area (Å²) in [7, 11) is 0. The molecule has 4 aliphatic rings. The van der Waals surface area contributed by atoms with Crippen molar-refractivity contribution in [1.29, 1.82) is 0 Å². The van der Waals surface area contributed by atoms with E-state index in [2.05, 4.69) is 26.8 Å². The zero-order chi connectivity index (χ0) is 15.0. The number of ether oxygens (including phenoxy) is 3. The largest absolute Gasteiger partial charge is 0.460 e. The van der Waals surface area contributed by atoms with E-state index in [1.54, 1.807) is 0 Å². The van der Waals surface area contributed by atoms with Gasteiger partial charge in [-0.3, -0.25) is 4.79 Å². The van der Waals surface area contributed by atoms with E-state index in [-0.39, 0.29) is 40.7 Å². The molecule has 0 amide bonds. The summed E-state index contributed by atoms with van der Waals surface area (Å²) < 4.78 is 18.0. The Kier molecular flexibility index (Phi) is 2.56. The topological polar surface area (TPSA) is 48.1 Å². The second-order valence-electron chi connectivity index (χ2n) is 7.77. The number of rotatable bonds is 1. The summed E-state index contributed by atoms with van der Waals surface area (Å²) in [5, 5.41) is 0. The zero-order valence-electron chi connectivity index (χ0n) is 13.3. The molecule has 4 rings (SSSR count). The first kappa shape index (κ1) is 13.8. The minimum atomic E-state index is -0.239. The molecule has 1 spiro atoms. The summed E-state index contributed by atoms with van der Waals surface area (Å²) in [6, 6.07) is 0. The molecule has 116 valence electrons. The highest BCUT2D eigenvalue weighted by Gasteiger charge is 2.80. The minimum Gasteiger partial charge on any atom is -0.460 e. The molecule has 0 unspecified atom stereocenters. The maximum atomic E-state index is 11.4. The third-order valence-electron chi connectivity index (χ3n) is 6.77. The quantitative estimate of drug-likeness (QED) is 0.423. The number of hydrogen-bond acceptors (Lipinski definition) is 4. The summed E-state index contributed by atoms with van der Waals surface area (Å²) in [4.78, 5) is 11.4. The molecule has 6 atom stereocenters. The van der Waals surface area contributed by atoms with Gasteiger partial charge in [-0.25, -0.2) is 0 Å². The summed E-state index contributed by atoms with van der Waals surface area (Å²) >= 11 is 0. The van der Waals surface area contributed by atoms with Crippen LogP contribution in [0.2, 0.25) is 0 Å². The number of esters is 1. The number of allylic oxidation sites excluding steroid dienone is 1. The van der Waals surface area contributed by atoms with Gasteiger partial charge in [-0.1, -0.05) is 25.5 Å². The average molecular weight is 292 g/mol. The van der Waals surface area contributed by atoms with Crippen LogP contribution in [0.5, 0.6) is 0 Å². The molecule has 3 fully saturated rings. The Balaban J connectivity index is 1.78. The highest BCUT2D eigenvalue weighted by molar-refractivity contribution is 5.66. The van der Waals surface area contributed by atoms with Gasteiger partial charge < -0.3 is 14.2 Å². The van der Waals surface area contributed by atoms with Gasteiger partial charge in [0.15, 0.2) is 0 Å². The summed E-state index contributed by atoms with van der Waals surface area (Å²) in [5.41, 5.74) is 1.22. The molecule has 2 aliphatic heterocycles. The van der Waals surface area contributed by atoms with Crippen molar-refractivity contribution in [2.45, 2.75) is 70.9 Å². The van der Waals surface area contributed by atoms with Crippen LogP contribution in [0.15, 0.2) is 11.6 Å². The SMILES string of the molecule is CC(=O)O[C@@H]1C[C@]2(C)[C@@]3(C)CCC(C)=C[C@H]3O[C@H]1[C@@]21CO1. The third-order valence-corrected chi connectivity index (χ3v) is 6.77. The van der Waals surface area contributed by atoms with E-state index in [4.69, 9.17) is 14.2 Å². The van der Waals surface area contributed by atoms with Crippen LogP contribution >= 0.6 is 0 Å². The number of epoxide rings is 1. The lowest BCUT2D eigenvalue weighted by Crippen LogP contribution is -2.61.